The van der Waals surface area contributed by atoms with E-state index in [1.165, 1.54) is 0 Å². The highest BCUT2D eigenvalue weighted by Gasteiger charge is 2.03. The average molecular weight is 230 g/mol. The van der Waals surface area contributed by atoms with E-state index < -0.39 is 5.97 Å². The molecule has 0 radical (unpaired) electrons. The molecule has 0 aromatic heterocycles. The zero-order valence-electron chi connectivity index (χ0n) is 10.1. The van der Waals surface area contributed by atoms with Gasteiger partial charge in [0.15, 0.2) is 0 Å². The minimum Gasteiger partial charge on any atom is -0.481 e. The van der Waals surface area contributed by atoms with E-state index in [2.05, 4.69) is 10.6 Å². The van der Waals surface area contributed by atoms with Crippen molar-refractivity contribution in [1.29, 1.82) is 0 Å². The highest BCUT2D eigenvalue weighted by Crippen LogP contribution is 1.98. The summed E-state index contributed by atoms with van der Waals surface area (Å²) in [6.45, 7) is 4.56. The van der Waals surface area contributed by atoms with Crippen LogP contribution in [-0.2, 0) is 4.79 Å². The summed E-state index contributed by atoms with van der Waals surface area (Å²) in [6, 6.07) is 0.0413. The Morgan fingerprint density at radius 3 is 2.50 bits per heavy atom. The minimum atomic E-state index is -0.762. The molecule has 2 amide bonds. The standard InChI is InChI=1S/C11H22N2O3/c1-3-9(2)13-11(16)12-8-6-4-5-7-10(14)15/h9H,3-8H2,1-2H3,(H,14,15)(H2,12,13,16). The molecule has 94 valence electrons. The molecular formula is C11H22N2O3. The van der Waals surface area contributed by atoms with E-state index in [0.29, 0.717) is 13.0 Å². The van der Waals surface area contributed by atoms with Crippen LogP contribution in [0.2, 0.25) is 0 Å². The number of urea groups is 1. The van der Waals surface area contributed by atoms with Gasteiger partial charge in [-0.1, -0.05) is 13.3 Å². The van der Waals surface area contributed by atoms with Crippen LogP contribution in [0.3, 0.4) is 0 Å². The molecule has 0 aromatic carbocycles. The number of hydrogen-bond acceptors (Lipinski definition) is 2. The van der Waals surface area contributed by atoms with Gasteiger partial charge in [-0.2, -0.15) is 0 Å². The Morgan fingerprint density at radius 2 is 1.94 bits per heavy atom. The van der Waals surface area contributed by atoms with E-state index >= 15 is 0 Å². The normalized spacial score (nSPS) is 11.9. The molecule has 0 fully saturated rings. The van der Waals surface area contributed by atoms with Crippen LogP contribution in [0, 0.1) is 0 Å². The Morgan fingerprint density at radius 1 is 1.25 bits per heavy atom. The maximum absolute atomic E-state index is 11.2. The van der Waals surface area contributed by atoms with Crippen LogP contribution in [0.25, 0.3) is 0 Å². The first-order chi connectivity index (χ1) is 7.56. The second-order valence-electron chi connectivity index (χ2n) is 3.91. The summed E-state index contributed by atoms with van der Waals surface area (Å²) in [6.07, 6.45) is 3.44. The van der Waals surface area contributed by atoms with Gasteiger partial charge in [0, 0.05) is 19.0 Å². The number of carbonyl (C=O) groups excluding carboxylic acids is 1. The Hall–Kier alpha value is -1.26. The summed E-state index contributed by atoms with van der Waals surface area (Å²) in [4.78, 5) is 21.5. The van der Waals surface area contributed by atoms with Crippen LogP contribution in [0.15, 0.2) is 0 Å². The smallest absolute Gasteiger partial charge is 0.314 e. The van der Waals surface area contributed by atoms with Crippen LogP contribution in [0.5, 0.6) is 0 Å². The van der Waals surface area contributed by atoms with Crippen molar-refractivity contribution in [2.45, 2.75) is 52.0 Å². The van der Waals surface area contributed by atoms with Crippen molar-refractivity contribution in [3.05, 3.63) is 0 Å². The fraction of sp³-hybridized carbons (Fsp3) is 0.818. The Bertz CT molecular complexity index is 219. The van der Waals surface area contributed by atoms with Crippen molar-refractivity contribution < 1.29 is 14.7 Å². The molecule has 16 heavy (non-hydrogen) atoms. The summed E-state index contributed by atoms with van der Waals surface area (Å²) in [5, 5.41) is 13.9. The number of carboxylic acids is 1. The van der Waals surface area contributed by atoms with Gasteiger partial charge < -0.3 is 15.7 Å². The van der Waals surface area contributed by atoms with Crippen molar-refractivity contribution >= 4 is 12.0 Å². The summed E-state index contributed by atoms with van der Waals surface area (Å²) >= 11 is 0. The third-order valence-corrected chi connectivity index (χ3v) is 2.34. The molecule has 0 saturated heterocycles. The molecule has 5 heteroatoms. The largest absolute Gasteiger partial charge is 0.481 e. The molecule has 0 aliphatic heterocycles. The fourth-order valence-electron chi connectivity index (χ4n) is 1.16. The van der Waals surface area contributed by atoms with Gasteiger partial charge in [0.1, 0.15) is 0 Å². The maximum Gasteiger partial charge on any atom is 0.314 e. The number of nitrogens with one attached hydrogen (secondary N) is 2. The molecule has 1 unspecified atom stereocenters. The molecule has 0 aliphatic carbocycles. The van der Waals surface area contributed by atoms with Gasteiger partial charge in [-0.3, -0.25) is 4.79 Å². The van der Waals surface area contributed by atoms with Crippen LogP contribution in [-0.4, -0.2) is 29.7 Å². The lowest BCUT2D eigenvalue weighted by Crippen LogP contribution is -2.40. The van der Waals surface area contributed by atoms with Gasteiger partial charge >= 0.3 is 12.0 Å². The number of amides is 2. The van der Waals surface area contributed by atoms with Gasteiger partial charge in [-0.05, 0) is 26.2 Å². The Labute approximate surface area is 96.6 Å². The Kier molecular flexibility index (Phi) is 8.29. The van der Waals surface area contributed by atoms with Gasteiger partial charge in [0.05, 0.1) is 0 Å². The SMILES string of the molecule is CCC(C)NC(=O)NCCCCCC(=O)O. The molecule has 0 rings (SSSR count). The van der Waals surface area contributed by atoms with Crippen LogP contribution < -0.4 is 10.6 Å². The van der Waals surface area contributed by atoms with E-state index in [0.717, 1.165) is 19.3 Å². The number of carbonyl (C=O) groups is 2. The van der Waals surface area contributed by atoms with Gasteiger partial charge in [-0.15, -0.1) is 0 Å². The van der Waals surface area contributed by atoms with Gasteiger partial charge in [0.2, 0.25) is 0 Å². The molecule has 1 atom stereocenters. The first kappa shape index (κ1) is 14.7. The van der Waals surface area contributed by atoms with E-state index in [-0.39, 0.29) is 18.5 Å². The monoisotopic (exact) mass is 230 g/mol. The number of carboxylic acid groups (broad SMARTS) is 1. The fourth-order valence-corrected chi connectivity index (χ4v) is 1.16. The van der Waals surface area contributed by atoms with E-state index in [9.17, 15) is 9.59 Å². The van der Waals surface area contributed by atoms with E-state index in [1.54, 1.807) is 0 Å². The number of rotatable bonds is 8. The number of unbranched alkanes of at least 4 members (excludes halogenated alkanes) is 2. The summed E-state index contributed by atoms with van der Waals surface area (Å²) in [5.74, 6) is -0.762. The highest BCUT2D eigenvalue weighted by molar-refractivity contribution is 5.74. The van der Waals surface area contributed by atoms with Crippen molar-refractivity contribution in [2.75, 3.05) is 6.54 Å². The molecule has 0 heterocycles. The predicted octanol–water partition coefficient (Wildman–Crippen LogP) is 1.73. The van der Waals surface area contributed by atoms with Crippen LogP contribution in [0.4, 0.5) is 4.79 Å². The third-order valence-electron chi connectivity index (χ3n) is 2.34. The summed E-state index contributed by atoms with van der Waals surface area (Å²) < 4.78 is 0. The van der Waals surface area contributed by atoms with Crippen LogP contribution in [0.1, 0.15) is 46.0 Å². The molecule has 0 aliphatic rings. The van der Waals surface area contributed by atoms with Crippen LogP contribution >= 0.6 is 0 Å². The van der Waals surface area contributed by atoms with E-state index in [4.69, 9.17) is 5.11 Å². The first-order valence-corrected chi connectivity index (χ1v) is 5.82. The maximum atomic E-state index is 11.2. The zero-order chi connectivity index (χ0) is 12.4. The molecular weight excluding hydrogens is 208 g/mol. The van der Waals surface area contributed by atoms with Gasteiger partial charge in [-0.25, -0.2) is 4.79 Å². The minimum absolute atomic E-state index is 0.146. The zero-order valence-corrected chi connectivity index (χ0v) is 10.1. The summed E-state index contributed by atoms with van der Waals surface area (Å²) in [7, 11) is 0. The molecule has 0 spiro atoms. The second-order valence-corrected chi connectivity index (χ2v) is 3.91. The molecule has 0 saturated carbocycles. The van der Waals surface area contributed by atoms with Crippen molar-refractivity contribution in [3.63, 3.8) is 0 Å². The first-order valence-electron chi connectivity index (χ1n) is 5.82. The molecule has 0 bridgehead atoms. The lowest BCUT2D eigenvalue weighted by atomic mass is 10.2. The number of hydrogen-bond donors (Lipinski definition) is 3. The lowest BCUT2D eigenvalue weighted by molar-refractivity contribution is -0.137. The van der Waals surface area contributed by atoms with Crippen molar-refractivity contribution in [1.82, 2.24) is 10.6 Å². The molecule has 3 N–H and O–H groups in total. The average Bonchev–Trinajstić information content (AvgIpc) is 2.22. The number of aliphatic carboxylic acids is 1. The summed E-state index contributed by atoms with van der Waals surface area (Å²) in [5.41, 5.74) is 0. The lowest BCUT2D eigenvalue weighted by Gasteiger charge is -2.12. The predicted molar refractivity (Wildman–Crippen MR) is 62.4 cm³/mol. The molecule has 5 nitrogen and oxygen atoms in total. The quantitative estimate of drug-likeness (QED) is 0.556. The van der Waals surface area contributed by atoms with Crippen molar-refractivity contribution in [3.8, 4) is 0 Å². The highest BCUT2D eigenvalue weighted by atomic mass is 16.4. The second kappa shape index (κ2) is 9.00. The Balaban J connectivity index is 3.31. The topological polar surface area (TPSA) is 78.4 Å². The van der Waals surface area contributed by atoms with Crippen molar-refractivity contribution in [2.24, 2.45) is 0 Å². The van der Waals surface area contributed by atoms with E-state index in [1.807, 2.05) is 13.8 Å². The van der Waals surface area contributed by atoms with Gasteiger partial charge in [0.25, 0.3) is 0 Å². The molecule has 0 aromatic rings. The third kappa shape index (κ3) is 9.30.